The van der Waals surface area contributed by atoms with Gasteiger partial charge in [-0.15, -0.1) is 0 Å². The zero-order valence-corrected chi connectivity index (χ0v) is 13.4. The van der Waals surface area contributed by atoms with Gasteiger partial charge in [-0.05, 0) is 39.5 Å². The first kappa shape index (κ1) is 13.5. The minimum Gasteiger partial charge on any atom is -0.321 e. The van der Waals surface area contributed by atoms with Crippen molar-refractivity contribution in [1.82, 2.24) is 14.1 Å². The van der Waals surface area contributed by atoms with E-state index in [9.17, 15) is 4.79 Å². The topological polar surface area (TPSA) is 39.8 Å². The molecule has 0 spiro atoms. The number of nitrogens with zero attached hydrogens (tertiary/aromatic N) is 3. The SMILES string of the molecule is O=c1cc(-c2ccccc2)ccn1C1CCn2c(Br)cnc21. The van der Waals surface area contributed by atoms with E-state index >= 15 is 0 Å². The van der Waals surface area contributed by atoms with Crippen LogP contribution in [0.4, 0.5) is 0 Å². The lowest BCUT2D eigenvalue weighted by Gasteiger charge is -2.13. The van der Waals surface area contributed by atoms with Gasteiger partial charge in [-0.2, -0.15) is 0 Å². The Balaban J connectivity index is 1.74. The first-order valence-electron chi connectivity index (χ1n) is 7.22. The number of hydrogen-bond acceptors (Lipinski definition) is 2. The molecule has 0 N–H and O–H groups in total. The van der Waals surface area contributed by atoms with Gasteiger partial charge in [0, 0.05) is 18.8 Å². The third kappa shape index (κ3) is 2.13. The highest BCUT2D eigenvalue weighted by molar-refractivity contribution is 9.10. The van der Waals surface area contributed by atoms with Gasteiger partial charge in [0.15, 0.2) is 0 Å². The molecule has 2 aromatic heterocycles. The van der Waals surface area contributed by atoms with Crippen LogP contribution in [-0.4, -0.2) is 14.1 Å². The molecule has 4 rings (SSSR count). The van der Waals surface area contributed by atoms with Gasteiger partial charge in [-0.25, -0.2) is 4.98 Å². The van der Waals surface area contributed by atoms with Crippen molar-refractivity contribution in [3.05, 3.63) is 75.6 Å². The maximum atomic E-state index is 12.5. The molecule has 110 valence electrons. The summed E-state index contributed by atoms with van der Waals surface area (Å²) in [4.78, 5) is 17.0. The number of imidazole rings is 1. The van der Waals surface area contributed by atoms with Crippen LogP contribution in [0.5, 0.6) is 0 Å². The second-order valence-corrected chi connectivity index (χ2v) is 6.23. The van der Waals surface area contributed by atoms with E-state index in [0.717, 1.165) is 34.5 Å². The molecule has 1 atom stereocenters. The summed E-state index contributed by atoms with van der Waals surface area (Å²) in [6.07, 6.45) is 4.57. The van der Waals surface area contributed by atoms with E-state index in [1.807, 2.05) is 42.6 Å². The smallest absolute Gasteiger partial charge is 0.251 e. The predicted molar refractivity (Wildman–Crippen MR) is 88.8 cm³/mol. The minimum atomic E-state index is 0.0129. The van der Waals surface area contributed by atoms with E-state index in [-0.39, 0.29) is 11.6 Å². The van der Waals surface area contributed by atoms with Crippen LogP contribution >= 0.6 is 15.9 Å². The zero-order chi connectivity index (χ0) is 15.1. The highest BCUT2D eigenvalue weighted by Crippen LogP contribution is 2.31. The number of pyridine rings is 1. The van der Waals surface area contributed by atoms with Gasteiger partial charge >= 0.3 is 0 Å². The molecule has 0 radical (unpaired) electrons. The van der Waals surface area contributed by atoms with Crippen LogP contribution in [0.2, 0.25) is 0 Å². The van der Waals surface area contributed by atoms with Crippen LogP contribution < -0.4 is 5.56 Å². The van der Waals surface area contributed by atoms with Crippen LogP contribution in [0.25, 0.3) is 11.1 Å². The van der Waals surface area contributed by atoms with E-state index in [4.69, 9.17) is 0 Å². The van der Waals surface area contributed by atoms with Crippen molar-refractivity contribution in [2.24, 2.45) is 0 Å². The molecule has 0 fully saturated rings. The molecule has 4 nitrogen and oxygen atoms in total. The number of halogens is 1. The third-order valence-electron chi connectivity index (χ3n) is 4.15. The average molecular weight is 356 g/mol. The molecule has 3 aromatic rings. The fourth-order valence-corrected chi connectivity index (χ4v) is 3.52. The molecular formula is C17H14BrN3O. The molecule has 1 aliphatic heterocycles. The quantitative estimate of drug-likeness (QED) is 0.706. The molecule has 0 bridgehead atoms. The van der Waals surface area contributed by atoms with Gasteiger partial charge in [0.05, 0.1) is 12.2 Å². The summed E-state index contributed by atoms with van der Waals surface area (Å²) in [5.41, 5.74) is 2.02. The van der Waals surface area contributed by atoms with E-state index in [1.54, 1.807) is 16.8 Å². The van der Waals surface area contributed by atoms with Crippen molar-refractivity contribution < 1.29 is 0 Å². The Morgan fingerprint density at radius 3 is 2.73 bits per heavy atom. The lowest BCUT2D eigenvalue weighted by Crippen LogP contribution is -2.23. The van der Waals surface area contributed by atoms with Crippen molar-refractivity contribution in [2.75, 3.05) is 0 Å². The average Bonchev–Trinajstić information content (AvgIpc) is 3.12. The summed E-state index contributed by atoms with van der Waals surface area (Å²) < 4.78 is 4.87. The second kappa shape index (κ2) is 5.25. The first-order valence-corrected chi connectivity index (χ1v) is 8.02. The van der Waals surface area contributed by atoms with E-state index in [2.05, 4.69) is 25.5 Å². The normalized spacial score (nSPS) is 16.7. The molecular weight excluding hydrogens is 342 g/mol. The Hall–Kier alpha value is -2.14. The van der Waals surface area contributed by atoms with Gasteiger partial charge < -0.3 is 9.13 Å². The Labute approximate surface area is 136 Å². The summed E-state index contributed by atoms with van der Waals surface area (Å²) in [6, 6.07) is 13.7. The molecule has 5 heteroatoms. The Morgan fingerprint density at radius 1 is 1.14 bits per heavy atom. The van der Waals surface area contributed by atoms with Crippen LogP contribution in [0.1, 0.15) is 18.3 Å². The molecule has 0 saturated heterocycles. The van der Waals surface area contributed by atoms with Crippen LogP contribution in [-0.2, 0) is 6.54 Å². The molecule has 22 heavy (non-hydrogen) atoms. The maximum absolute atomic E-state index is 12.5. The lowest BCUT2D eigenvalue weighted by atomic mass is 10.1. The Bertz CT molecular complexity index is 882. The molecule has 1 aliphatic rings. The van der Waals surface area contributed by atoms with Crippen molar-refractivity contribution in [3.63, 3.8) is 0 Å². The summed E-state index contributed by atoms with van der Waals surface area (Å²) in [6.45, 7) is 0.882. The van der Waals surface area contributed by atoms with Crippen molar-refractivity contribution in [3.8, 4) is 11.1 Å². The monoisotopic (exact) mass is 355 g/mol. The van der Waals surface area contributed by atoms with Gasteiger partial charge in [-0.1, -0.05) is 30.3 Å². The van der Waals surface area contributed by atoms with Gasteiger partial charge in [0.25, 0.3) is 5.56 Å². The highest BCUT2D eigenvalue weighted by Gasteiger charge is 2.27. The molecule has 1 aromatic carbocycles. The zero-order valence-electron chi connectivity index (χ0n) is 11.8. The molecule has 0 aliphatic carbocycles. The van der Waals surface area contributed by atoms with Crippen LogP contribution in [0.15, 0.2) is 64.3 Å². The second-order valence-electron chi connectivity index (χ2n) is 5.42. The Morgan fingerprint density at radius 2 is 1.95 bits per heavy atom. The van der Waals surface area contributed by atoms with Gasteiger partial charge in [0.1, 0.15) is 10.4 Å². The number of aromatic nitrogens is 3. The van der Waals surface area contributed by atoms with Crippen LogP contribution in [0.3, 0.4) is 0 Å². The number of fused-ring (bicyclic) bond motifs is 1. The number of benzene rings is 1. The molecule has 0 saturated carbocycles. The van der Waals surface area contributed by atoms with Crippen molar-refractivity contribution in [1.29, 1.82) is 0 Å². The predicted octanol–water partition coefficient (Wildman–Crippen LogP) is 3.47. The Kier molecular flexibility index (Phi) is 3.22. The molecule has 3 heterocycles. The molecule has 1 unspecified atom stereocenters. The lowest BCUT2D eigenvalue weighted by molar-refractivity contribution is 0.549. The highest BCUT2D eigenvalue weighted by atomic mass is 79.9. The first-order chi connectivity index (χ1) is 10.7. The summed E-state index contributed by atoms with van der Waals surface area (Å²) in [5, 5.41) is 0. The number of hydrogen-bond donors (Lipinski definition) is 0. The van der Waals surface area contributed by atoms with E-state index < -0.39 is 0 Å². The van der Waals surface area contributed by atoms with Crippen LogP contribution in [0, 0.1) is 0 Å². The van der Waals surface area contributed by atoms with Crippen molar-refractivity contribution in [2.45, 2.75) is 19.0 Å². The summed E-state index contributed by atoms with van der Waals surface area (Å²) >= 11 is 3.49. The largest absolute Gasteiger partial charge is 0.321 e. The third-order valence-corrected chi connectivity index (χ3v) is 4.79. The fraction of sp³-hybridized carbons (Fsp3) is 0.176. The number of rotatable bonds is 2. The van der Waals surface area contributed by atoms with Crippen molar-refractivity contribution >= 4 is 15.9 Å². The van der Waals surface area contributed by atoms with E-state index in [1.165, 1.54) is 0 Å². The summed E-state index contributed by atoms with van der Waals surface area (Å²) in [7, 11) is 0. The fourth-order valence-electron chi connectivity index (χ4n) is 3.06. The standard InChI is InChI=1S/C17H14BrN3O/c18-15-11-19-17-14(7-9-21(15)17)20-8-6-13(10-16(20)22)12-4-2-1-3-5-12/h1-6,8,10-11,14H,7,9H2. The minimum absolute atomic E-state index is 0.0129. The van der Waals surface area contributed by atoms with Gasteiger partial charge in [0.2, 0.25) is 0 Å². The van der Waals surface area contributed by atoms with E-state index in [0.29, 0.717) is 0 Å². The molecule has 0 amide bonds. The van der Waals surface area contributed by atoms with Gasteiger partial charge in [-0.3, -0.25) is 4.79 Å². The maximum Gasteiger partial charge on any atom is 0.251 e. The summed E-state index contributed by atoms with van der Waals surface area (Å²) in [5.74, 6) is 0.946.